The number of nitrogens with zero attached hydrogens (tertiary/aromatic N) is 1. The molecule has 0 aliphatic heterocycles. The summed E-state index contributed by atoms with van der Waals surface area (Å²) in [5.41, 5.74) is 2.96. The largest absolute Gasteiger partial charge is 0.481 e. The number of ether oxygens (including phenoxy) is 1. The SMILES string of the molecule is C#CCOc1ccc(N(C)C(=O)c2csc3c2CCCC3)cc1. The van der Waals surface area contributed by atoms with Crippen LogP contribution in [0.3, 0.4) is 0 Å². The summed E-state index contributed by atoms with van der Waals surface area (Å²) in [6.45, 7) is 0.245. The average Bonchev–Trinajstić information content (AvgIpc) is 3.03. The minimum absolute atomic E-state index is 0.0571. The number of carbonyl (C=O) groups excluding carboxylic acids is 1. The van der Waals surface area contributed by atoms with Gasteiger partial charge in [-0.25, -0.2) is 0 Å². The molecule has 4 heteroatoms. The summed E-state index contributed by atoms with van der Waals surface area (Å²) >= 11 is 1.72. The third kappa shape index (κ3) is 3.25. The van der Waals surface area contributed by atoms with E-state index in [-0.39, 0.29) is 12.5 Å². The predicted molar refractivity (Wildman–Crippen MR) is 94.5 cm³/mol. The van der Waals surface area contributed by atoms with Crippen molar-refractivity contribution in [1.82, 2.24) is 0 Å². The van der Waals surface area contributed by atoms with Crippen molar-refractivity contribution in [3.8, 4) is 18.1 Å². The molecule has 1 aliphatic rings. The quantitative estimate of drug-likeness (QED) is 0.798. The summed E-state index contributed by atoms with van der Waals surface area (Å²) in [5, 5.41) is 2.01. The highest BCUT2D eigenvalue weighted by atomic mass is 32.1. The number of aryl methyl sites for hydroxylation is 1. The highest BCUT2D eigenvalue weighted by Gasteiger charge is 2.23. The lowest BCUT2D eigenvalue weighted by Gasteiger charge is -2.19. The zero-order chi connectivity index (χ0) is 16.2. The van der Waals surface area contributed by atoms with E-state index in [1.54, 1.807) is 16.2 Å². The minimum Gasteiger partial charge on any atom is -0.481 e. The van der Waals surface area contributed by atoms with Gasteiger partial charge in [0.1, 0.15) is 12.4 Å². The highest BCUT2D eigenvalue weighted by Crippen LogP contribution is 2.31. The first-order chi connectivity index (χ1) is 11.2. The lowest BCUT2D eigenvalue weighted by Crippen LogP contribution is -2.27. The topological polar surface area (TPSA) is 29.5 Å². The Kier molecular flexibility index (Phi) is 4.68. The lowest BCUT2D eigenvalue weighted by atomic mass is 9.95. The number of hydrogen-bond donors (Lipinski definition) is 0. The van der Waals surface area contributed by atoms with Crippen LogP contribution in [0.1, 0.15) is 33.6 Å². The number of fused-ring (bicyclic) bond motifs is 1. The maximum absolute atomic E-state index is 12.8. The Morgan fingerprint density at radius 2 is 2.04 bits per heavy atom. The Morgan fingerprint density at radius 1 is 1.30 bits per heavy atom. The van der Waals surface area contributed by atoms with E-state index < -0.39 is 0 Å². The van der Waals surface area contributed by atoms with Crippen LogP contribution < -0.4 is 9.64 Å². The second-order valence-electron chi connectivity index (χ2n) is 5.61. The molecule has 0 N–H and O–H groups in total. The van der Waals surface area contributed by atoms with Crippen molar-refractivity contribution < 1.29 is 9.53 Å². The normalized spacial score (nSPS) is 13.0. The molecule has 3 rings (SSSR count). The molecule has 0 fully saturated rings. The zero-order valence-corrected chi connectivity index (χ0v) is 14.0. The lowest BCUT2D eigenvalue weighted by molar-refractivity contribution is 0.0992. The van der Waals surface area contributed by atoms with Crippen LogP contribution in [0.15, 0.2) is 29.6 Å². The van der Waals surface area contributed by atoms with Gasteiger partial charge in [0.25, 0.3) is 5.91 Å². The number of benzene rings is 1. The fourth-order valence-electron chi connectivity index (χ4n) is 2.86. The first-order valence-electron chi connectivity index (χ1n) is 7.74. The second kappa shape index (κ2) is 6.89. The van der Waals surface area contributed by atoms with Crippen molar-refractivity contribution in [2.75, 3.05) is 18.6 Å². The van der Waals surface area contributed by atoms with Gasteiger partial charge in [0.05, 0.1) is 5.56 Å². The summed E-state index contributed by atoms with van der Waals surface area (Å²) < 4.78 is 5.36. The third-order valence-corrected chi connectivity index (χ3v) is 5.23. The third-order valence-electron chi connectivity index (χ3n) is 4.14. The molecule has 118 valence electrons. The van der Waals surface area contributed by atoms with Crippen LogP contribution in [0, 0.1) is 12.3 Å². The molecule has 23 heavy (non-hydrogen) atoms. The number of thiophene rings is 1. The molecule has 0 saturated carbocycles. The van der Waals surface area contributed by atoms with Crippen molar-refractivity contribution >= 4 is 22.9 Å². The average molecular weight is 325 g/mol. The molecule has 1 aliphatic carbocycles. The van der Waals surface area contributed by atoms with Crippen LogP contribution in [-0.2, 0) is 12.8 Å². The van der Waals surface area contributed by atoms with Crippen LogP contribution >= 0.6 is 11.3 Å². The number of anilines is 1. The fraction of sp³-hybridized carbons (Fsp3) is 0.316. The Bertz CT molecular complexity index is 740. The highest BCUT2D eigenvalue weighted by molar-refractivity contribution is 7.10. The molecule has 1 amide bonds. The van der Waals surface area contributed by atoms with Gasteiger partial charge in [0.15, 0.2) is 0 Å². The van der Waals surface area contributed by atoms with Gasteiger partial charge in [0.2, 0.25) is 0 Å². The first kappa shape index (κ1) is 15.6. The molecule has 0 atom stereocenters. The van der Waals surface area contributed by atoms with Crippen molar-refractivity contribution in [3.63, 3.8) is 0 Å². The molecular formula is C19H19NO2S. The summed E-state index contributed by atoms with van der Waals surface area (Å²) in [5.74, 6) is 3.20. The van der Waals surface area contributed by atoms with E-state index in [4.69, 9.17) is 11.2 Å². The molecule has 0 unspecified atom stereocenters. The molecule has 3 nitrogen and oxygen atoms in total. The second-order valence-corrected chi connectivity index (χ2v) is 6.57. The van der Waals surface area contributed by atoms with E-state index >= 15 is 0 Å². The van der Waals surface area contributed by atoms with Crippen LogP contribution in [0.4, 0.5) is 5.69 Å². The summed E-state index contributed by atoms with van der Waals surface area (Å²) in [6.07, 6.45) is 9.71. The van der Waals surface area contributed by atoms with Crippen LogP contribution in [0.25, 0.3) is 0 Å². The van der Waals surface area contributed by atoms with Gasteiger partial charge in [-0.15, -0.1) is 17.8 Å². The Morgan fingerprint density at radius 3 is 2.78 bits per heavy atom. The summed E-state index contributed by atoms with van der Waals surface area (Å²) in [4.78, 5) is 15.9. The maximum atomic E-state index is 12.8. The van der Waals surface area contributed by atoms with Crippen LogP contribution in [0.2, 0.25) is 0 Å². The minimum atomic E-state index is 0.0571. The molecule has 0 spiro atoms. The molecule has 1 heterocycles. The van der Waals surface area contributed by atoms with E-state index in [9.17, 15) is 4.79 Å². The van der Waals surface area contributed by atoms with Gasteiger partial charge in [-0.2, -0.15) is 0 Å². The van der Waals surface area contributed by atoms with E-state index in [0.717, 1.165) is 24.1 Å². The van der Waals surface area contributed by atoms with E-state index in [1.165, 1.54) is 23.3 Å². The number of amides is 1. The van der Waals surface area contributed by atoms with Gasteiger partial charge in [-0.3, -0.25) is 4.79 Å². The number of carbonyl (C=O) groups is 1. The van der Waals surface area contributed by atoms with Crippen molar-refractivity contribution in [2.45, 2.75) is 25.7 Å². The molecule has 0 saturated heterocycles. The van der Waals surface area contributed by atoms with Crippen molar-refractivity contribution in [3.05, 3.63) is 45.6 Å². The van der Waals surface area contributed by atoms with Gasteiger partial charge >= 0.3 is 0 Å². The van der Waals surface area contributed by atoms with Gasteiger partial charge < -0.3 is 9.64 Å². The Labute approximate surface area is 140 Å². The predicted octanol–water partition coefficient (Wildman–Crippen LogP) is 3.92. The molecule has 1 aromatic carbocycles. The van der Waals surface area contributed by atoms with Crippen molar-refractivity contribution in [1.29, 1.82) is 0 Å². The standard InChI is InChI=1S/C19H19NO2S/c1-3-12-22-15-10-8-14(9-11-15)20(2)19(21)17-13-23-18-7-5-4-6-16(17)18/h1,8-11,13H,4-7,12H2,2H3. The maximum Gasteiger partial charge on any atom is 0.259 e. The molecule has 2 aromatic rings. The molecule has 0 bridgehead atoms. The van der Waals surface area contributed by atoms with Crippen LogP contribution in [0.5, 0.6) is 5.75 Å². The Balaban J connectivity index is 1.77. The number of rotatable bonds is 4. The molecular weight excluding hydrogens is 306 g/mol. The van der Waals surface area contributed by atoms with Gasteiger partial charge in [-0.1, -0.05) is 5.92 Å². The van der Waals surface area contributed by atoms with Gasteiger partial charge in [-0.05, 0) is 55.5 Å². The monoisotopic (exact) mass is 325 g/mol. The molecule has 1 aromatic heterocycles. The smallest absolute Gasteiger partial charge is 0.259 e. The fourth-order valence-corrected chi connectivity index (χ4v) is 3.98. The molecule has 0 radical (unpaired) electrons. The van der Waals surface area contributed by atoms with Gasteiger partial charge in [0, 0.05) is 23.0 Å². The Hall–Kier alpha value is -2.25. The zero-order valence-electron chi connectivity index (χ0n) is 13.2. The van der Waals surface area contributed by atoms with Crippen LogP contribution in [-0.4, -0.2) is 19.6 Å². The van der Waals surface area contributed by atoms with E-state index in [0.29, 0.717) is 5.75 Å². The number of terminal acetylenes is 1. The van der Waals surface area contributed by atoms with Crippen molar-refractivity contribution in [2.24, 2.45) is 0 Å². The number of hydrogen-bond acceptors (Lipinski definition) is 3. The summed E-state index contributed by atoms with van der Waals surface area (Å²) in [6, 6.07) is 7.42. The first-order valence-corrected chi connectivity index (χ1v) is 8.62. The van der Waals surface area contributed by atoms with E-state index in [2.05, 4.69) is 5.92 Å². The summed E-state index contributed by atoms with van der Waals surface area (Å²) in [7, 11) is 1.81. The van der Waals surface area contributed by atoms with E-state index in [1.807, 2.05) is 36.7 Å².